The van der Waals surface area contributed by atoms with E-state index in [4.69, 9.17) is 16.0 Å². The number of thioether (sulfide) groups is 1. The van der Waals surface area contributed by atoms with Gasteiger partial charge in [0.2, 0.25) is 0 Å². The molecule has 0 atom stereocenters. The third-order valence-electron chi connectivity index (χ3n) is 5.00. The molecule has 2 aromatic carbocycles. The highest BCUT2D eigenvalue weighted by atomic mass is 35.5. The van der Waals surface area contributed by atoms with Crippen molar-refractivity contribution in [2.75, 3.05) is 0 Å². The Morgan fingerprint density at radius 3 is 2.50 bits per heavy atom. The summed E-state index contributed by atoms with van der Waals surface area (Å²) < 4.78 is 5.40. The molecule has 0 bridgehead atoms. The van der Waals surface area contributed by atoms with Gasteiger partial charge >= 0.3 is 0 Å². The largest absolute Gasteiger partial charge is 0.468 e. The number of rotatable bonds is 6. The molecule has 2 heterocycles. The van der Waals surface area contributed by atoms with Crippen molar-refractivity contribution in [3.05, 3.63) is 98.8 Å². The molecule has 4 nitrogen and oxygen atoms in total. The van der Waals surface area contributed by atoms with Gasteiger partial charge in [0.1, 0.15) is 5.76 Å². The molecule has 30 heavy (non-hydrogen) atoms. The number of hydrogen-bond donors (Lipinski definition) is 0. The van der Waals surface area contributed by atoms with Gasteiger partial charge in [-0.15, -0.1) is 11.8 Å². The van der Waals surface area contributed by atoms with Crippen molar-refractivity contribution in [3.63, 3.8) is 0 Å². The molecule has 0 saturated heterocycles. The van der Waals surface area contributed by atoms with Crippen molar-refractivity contribution in [3.8, 4) is 0 Å². The zero-order valence-electron chi connectivity index (χ0n) is 16.6. The fraction of sp³-hybridized carbons (Fsp3) is 0.167. The molecule has 3 aromatic rings. The second kappa shape index (κ2) is 8.54. The lowest BCUT2D eigenvalue weighted by Gasteiger charge is -2.16. The SMILES string of the molecule is Cc1ccc(C2=C(SCc3ccco3)C(=O)N(Cc3ccccc3Cl)C2=O)c(C)c1. The van der Waals surface area contributed by atoms with Crippen LogP contribution in [0.15, 0.2) is 70.2 Å². The van der Waals surface area contributed by atoms with Crippen LogP contribution in [0.4, 0.5) is 0 Å². The van der Waals surface area contributed by atoms with E-state index in [1.807, 2.05) is 56.3 Å². The molecule has 1 aliphatic heterocycles. The Hall–Kier alpha value is -2.76. The Morgan fingerprint density at radius 1 is 1.00 bits per heavy atom. The Labute approximate surface area is 184 Å². The summed E-state index contributed by atoms with van der Waals surface area (Å²) in [5, 5.41) is 0.530. The van der Waals surface area contributed by atoms with Crippen LogP contribution in [0.2, 0.25) is 5.02 Å². The van der Waals surface area contributed by atoms with Crippen LogP contribution < -0.4 is 0 Å². The predicted molar refractivity (Wildman–Crippen MR) is 120 cm³/mol. The highest BCUT2D eigenvalue weighted by molar-refractivity contribution is 8.03. The fourth-order valence-electron chi connectivity index (χ4n) is 3.50. The summed E-state index contributed by atoms with van der Waals surface area (Å²) in [6.07, 6.45) is 1.60. The molecule has 0 saturated carbocycles. The molecule has 0 fully saturated rings. The number of aryl methyl sites for hydroxylation is 2. The van der Waals surface area contributed by atoms with Crippen LogP contribution in [0.5, 0.6) is 0 Å². The highest BCUT2D eigenvalue weighted by Crippen LogP contribution is 2.39. The summed E-state index contributed by atoms with van der Waals surface area (Å²) in [4.78, 5) is 28.4. The zero-order valence-corrected chi connectivity index (χ0v) is 18.2. The molecule has 0 spiro atoms. The summed E-state index contributed by atoms with van der Waals surface area (Å²) in [6.45, 7) is 4.10. The molecule has 2 amide bonds. The summed E-state index contributed by atoms with van der Waals surface area (Å²) in [6, 6.07) is 16.8. The van der Waals surface area contributed by atoms with Crippen LogP contribution in [0.1, 0.15) is 28.0 Å². The van der Waals surface area contributed by atoms with Gasteiger partial charge in [-0.2, -0.15) is 0 Å². The number of hydrogen-bond acceptors (Lipinski definition) is 4. The Morgan fingerprint density at radius 2 is 1.80 bits per heavy atom. The lowest BCUT2D eigenvalue weighted by atomic mass is 9.99. The van der Waals surface area contributed by atoms with Crippen molar-refractivity contribution >= 4 is 40.8 Å². The lowest BCUT2D eigenvalue weighted by Crippen LogP contribution is -2.31. The van der Waals surface area contributed by atoms with E-state index < -0.39 is 0 Å². The Balaban J connectivity index is 1.72. The summed E-state index contributed by atoms with van der Waals surface area (Å²) >= 11 is 7.61. The minimum absolute atomic E-state index is 0.135. The molecule has 0 unspecified atom stereocenters. The Bertz CT molecular complexity index is 1150. The van der Waals surface area contributed by atoms with E-state index in [0.717, 1.165) is 28.0 Å². The standard InChI is InChI=1S/C24H20ClNO3S/c1-15-9-10-19(16(2)12-15)21-22(30-14-18-7-5-11-29-18)24(28)26(23(21)27)13-17-6-3-4-8-20(17)25/h3-12H,13-14H2,1-2H3. The first-order chi connectivity index (χ1) is 14.5. The van der Waals surface area contributed by atoms with Crippen molar-refractivity contribution in [2.45, 2.75) is 26.1 Å². The molecular formula is C24H20ClNO3S. The monoisotopic (exact) mass is 437 g/mol. The number of imide groups is 1. The van der Waals surface area contributed by atoms with Crippen LogP contribution in [0.25, 0.3) is 5.57 Å². The van der Waals surface area contributed by atoms with E-state index in [-0.39, 0.29) is 18.4 Å². The van der Waals surface area contributed by atoms with Gasteiger partial charge in [0, 0.05) is 5.02 Å². The van der Waals surface area contributed by atoms with Gasteiger partial charge < -0.3 is 4.42 Å². The van der Waals surface area contributed by atoms with Crippen LogP contribution in [-0.4, -0.2) is 16.7 Å². The fourth-order valence-corrected chi connectivity index (χ4v) is 4.72. The molecule has 152 valence electrons. The van der Waals surface area contributed by atoms with E-state index >= 15 is 0 Å². The van der Waals surface area contributed by atoms with Crippen LogP contribution >= 0.6 is 23.4 Å². The highest BCUT2D eigenvalue weighted by Gasteiger charge is 2.39. The van der Waals surface area contributed by atoms with Crippen molar-refractivity contribution in [1.82, 2.24) is 4.90 Å². The van der Waals surface area contributed by atoms with Gasteiger partial charge in [-0.05, 0) is 48.7 Å². The molecule has 1 aromatic heterocycles. The average molecular weight is 438 g/mol. The van der Waals surface area contributed by atoms with Gasteiger partial charge in [0.25, 0.3) is 11.8 Å². The first-order valence-corrected chi connectivity index (χ1v) is 10.9. The maximum Gasteiger partial charge on any atom is 0.268 e. The minimum Gasteiger partial charge on any atom is -0.468 e. The number of carbonyl (C=O) groups is 2. The first kappa shape index (κ1) is 20.5. The number of nitrogens with zero attached hydrogens (tertiary/aromatic N) is 1. The van der Waals surface area contributed by atoms with Crippen LogP contribution in [0.3, 0.4) is 0 Å². The number of benzene rings is 2. The third-order valence-corrected chi connectivity index (χ3v) is 6.47. The molecule has 1 aliphatic rings. The van der Waals surface area contributed by atoms with E-state index in [2.05, 4.69) is 0 Å². The number of halogens is 1. The van der Waals surface area contributed by atoms with Crippen molar-refractivity contribution in [1.29, 1.82) is 0 Å². The normalized spacial score (nSPS) is 14.2. The van der Waals surface area contributed by atoms with Gasteiger partial charge in [0.05, 0.1) is 29.0 Å². The molecule has 0 aliphatic carbocycles. The lowest BCUT2D eigenvalue weighted by molar-refractivity contribution is -0.137. The van der Waals surface area contributed by atoms with Gasteiger partial charge in [-0.3, -0.25) is 14.5 Å². The minimum atomic E-state index is -0.300. The zero-order chi connectivity index (χ0) is 21.3. The maximum atomic E-state index is 13.4. The second-order valence-corrected chi connectivity index (χ2v) is 8.57. The predicted octanol–water partition coefficient (Wildman–Crippen LogP) is 5.76. The molecule has 0 N–H and O–H groups in total. The summed E-state index contributed by atoms with van der Waals surface area (Å²) in [5.74, 6) is 0.618. The summed E-state index contributed by atoms with van der Waals surface area (Å²) in [5.41, 5.74) is 4.02. The number of furan rings is 1. The average Bonchev–Trinajstić information content (AvgIpc) is 3.31. The van der Waals surface area contributed by atoms with Crippen LogP contribution in [0, 0.1) is 13.8 Å². The smallest absolute Gasteiger partial charge is 0.268 e. The van der Waals surface area contributed by atoms with E-state index in [0.29, 0.717) is 21.3 Å². The van der Waals surface area contributed by atoms with Crippen molar-refractivity contribution in [2.24, 2.45) is 0 Å². The van der Waals surface area contributed by atoms with Crippen molar-refractivity contribution < 1.29 is 14.0 Å². The van der Waals surface area contributed by atoms with E-state index in [1.165, 1.54) is 16.7 Å². The maximum absolute atomic E-state index is 13.4. The summed E-state index contributed by atoms with van der Waals surface area (Å²) in [7, 11) is 0. The van der Waals surface area contributed by atoms with Gasteiger partial charge in [-0.1, -0.05) is 53.6 Å². The first-order valence-electron chi connectivity index (χ1n) is 9.52. The van der Waals surface area contributed by atoms with Gasteiger partial charge in [-0.25, -0.2) is 0 Å². The third kappa shape index (κ3) is 3.95. The molecular weight excluding hydrogens is 418 g/mol. The second-order valence-electron chi connectivity index (χ2n) is 7.18. The van der Waals surface area contributed by atoms with Crippen LogP contribution in [-0.2, 0) is 21.9 Å². The van der Waals surface area contributed by atoms with Gasteiger partial charge in [0.15, 0.2) is 0 Å². The molecule has 0 radical (unpaired) electrons. The number of carbonyl (C=O) groups excluding carboxylic acids is 2. The topological polar surface area (TPSA) is 50.5 Å². The Kier molecular flexibility index (Phi) is 5.84. The number of amides is 2. The van der Waals surface area contributed by atoms with E-state index in [9.17, 15) is 9.59 Å². The molecule has 6 heteroatoms. The quantitative estimate of drug-likeness (QED) is 0.460. The molecule has 4 rings (SSSR count). The van der Waals surface area contributed by atoms with E-state index in [1.54, 1.807) is 18.4 Å².